The number of aromatic nitrogens is 2. The van der Waals surface area contributed by atoms with E-state index in [1.54, 1.807) is 13.3 Å². The van der Waals surface area contributed by atoms with E-state index in [9.17, 15) is 4.79 Å². The van der Waals surface area contributed by atoms with E-state index in [1.807, 2.05) is 54.3 Å². The van der Waals surface area contributed by atoms with E-state index in [4.69, 9.17) is 17.0 Å². The Balaban J connectivity index is 1.81. The molecule has 1 saturated heterocycles. The first-order valence-corrected chi connectivity index (χ1v) is 10.0. The number of rotatable bonds is 5. The summed E-state index contributed by atoms with van der Waals surface area (Å²) in [5.74, 6) is 0.413. The SMILES string of the molecule is COc1ccc(N2C(=S)NC(c3ccccn3)C2c2ccc(C)[nH]2)cc1NC(C)=O. The molecule has 8 heteroatoms. The average molecular weight is 422 g/mol. The van der Waals surface area contributed by atoms with Gasteiger partial charge in [0.1, 0.15) is 11.8 Å². The van der Waals surface area contributed by atoms with Gasteiger partial charge in [-0.25, -0.2) is 0 Å². The molecule has 0 saturated carbocycles. The maximum Gasteiger partial charge on any atom is 0.221 e. The predicted octanol–water partition coefficient (Wildman–Crippen LogP) is 3.86. The molecule has 2 unspecified atom stereocenters. The molecule has 2 atom stereocenters. The number of thiocarbonyl (C=S) groups is 1. The monoisotopic (exact) mass is 421 g/mol. The molecule has 0 aliphatic carbocycles. The van der Waals surface area contributed by atoms with Gasteiger partial charge in [-0.2, -0.15) is 0 Å². The molecular formula is C22H23N5O2S. The van der Waals surface area contributed by atoms with Crippen molar-refractivity contribution < 1.29 is 9.53 Å². The summed E-state index contributed by atoms with van der Waals surface area (Å²) in [4.78, 5) is 21.7. The fraction of sp³-hybridized carbons (Fsp3) is 0.227. The van der Waals surface area contributed by atoms with Crippen molar-refractivity contribution in [2.75, 3.05) is 17.3 Å². The first-order chi connectivity index (χ1) is 14.5. The van der Waals surface area contributed by atoms with Crippen molar-refractivity contribution in [1.82, 2.24) is 15.3 Å². The van der Waals surface area contributed by atoms with Gasteiger partial charge in [0.2, 0.25) is 5.91 Å². The Morgan fingerprint density at radius 1 is 1.23 bits per heavy atom. The third-order valence-electron chi connectivity index (χ3n) is 5.04. The molecule has 3 heterocycles. The van der Waals surface area contributed by atoms with Crippen LogP contribution in [0.25, 0.3) is 0 Å². The maximum atomic E-state index is 11.7. The van der Waals surface area contributed by atoms with Crippen molar-refractivity contribution in [3.63, 3.8) is 0 Å². The number of benzene rings is 1. The lowest BCUT2D eigenvalue weighted by atomic mass is 10.0. The van der Waals surface area contributed by atoms with Crippen LogP contribution in [-0.2, 0) is 4.79 Å². The summed E-state index contributed by atoms with van der Waals surface area (Å²) in [5, 5.41) is 6.84. The highest BCUT2D eigenvalue weighted by Gasteiger charge is 2.41. The van der Waals surface area contributed by atoms with Crippen molar-refractivity contribution in [2.45, 2.75) is 25.9 Å². The fourth-order valence-electron chi connectivity index (χ4n) is 3.78. The lowest BCUT2D eigenvalue weighted by molar-refractivity contribution is -0.114. The number of pyridine rings is 1. The Bertz CT molecular complexity index is 1080. The van der Waals surface area contributed by atoms with Gasteiger partial charge in [-0.05, 0) is 61.6 Å². The summed E-state index contributed by atoms with van der Waals surface area (Å²) in [6, 6.07) is 15.3. The van der Waals surface area contributed by atoms with Crippen LogP contribution in [0.2, 0.25) is 0 Å². The van der Waals surface area contributed by atoms with Crippen LogP contribution in [0.4, 0.5) is 11.4 Å². The minimum atomic E-state index is -0.171. The summed E-state index contributed by atoms with van der Waals surface area (Å²) in [6.45, 7) is 3.49. The van der Waals surface area contributed by atoms with Gasteiger partial charge in [-0.3, -0.25) is 9.78 Å². The zero-order valence-corrected chi connectivity index (χ0v) is 17.8. The molecule has 3 N–H and O–H groups in total. The molecule has 154 valence electrons. The van der Waals surface area contributed by atoms with Gasteiger partial charge in [0, 0.05) is 30.2 Å². The van der Waals surface area contributed by atoms with Crippen LogP contribution in [0, 0.1) is 6.92 Å². The van der Waals surface area contributed by atoms with Crippen molar-refractivity contribution in [1.29, 1.82) is 0 Å². The molecule has 2 aromatic heterocycles. The molecule has 4 rings (SSSR count). The first kappa shape index (κ1) is 19.9. The molecule has 0 radical (unpaired) electrons. The molecule has 1 aromatic carbocycles. The normalized spacial score (nSPS) is 18.2. The smallest absolute Gasteiger partial charge is 0.221 e. The number of amides is 1. The Morgan fingerprint density at radius 2 is 2.07 bits per heavy atom. The summed E-state index contributed by atoms with van der Waals surface area (Å²) in [6.07, 6.45) is 1.78. The zero-order chi connectivity index (χ0) is 21.3. The molecule has 1 fully saturated rings. The number of carbonyl (C=O) groups excluding carboxylic acids is 1. The highest BCUT2D eigenvalue weighted by molar-refractivity contribution is 7.80. The maximum absolute atomic E-state index is 11.7. The number of ether oxygens (including phenoxy) is 1. The van der Waals surface area contributed by atoms with Crippen LogP contribution in [0.3, 0.4) is 0 Å². The van der Waals surface area contributed by atoms with E-state index in [-0.39, 0.29) is 18.0 Å². The molecule has 1 aliphatic rings. The molecular weight excluding hydrogens is 398 g/mol. The van der Waals surface area contributed by atoms with Crippen LogP contribution in [-0.4, -0.2) is 28.1 Å². The van der Waals surface area contributed by atoms with Crippen molar-refractivity contribution in [3.8, 4) is 5.75 Å². The standard InChI is InChI=1S/C22H23N5O2S/c1-13-7-9-17(24-13)21-20(16-6-4-5-11-23-16)26-22(30)27(21)15-8-10-19(29-3)18(12-15)25-14(2)28/h4-12,20-21,24H,1-3H3,(H,25,28)(H,26,30). The summed E-state index contributed by atoms with van der Waals surface area (Å²) >= 11 is 5.73. The number of hydrogen-bond acceptors (Lipinski definition) is 4. The highest BCUT2D eigenvalue weighted by atomic mass is 32.1. The number of aryl methyl sites for hydroxylation is 1. The van der Waals surface area contributed by atoms with Gasteiger partial charge in [0.25, 0.3) is 0 Å². The number of nitrogens with zero attached hydrogens (tertiary/aromatic N) is 2. The Labute approximate surface area is 180 Å². The van der Waals surface area contributed by atoms with Crippen LogP contribution in [0.1, 0.15) is 36.1 Å². The van der Waals surface area contributed by atoms with E-state index in [1.165, 1.54) is 6.92 Å². The van der Waals surface area contributed by atoms with Crippen molar-refractivity contribution in [3.05, 3.63) is 71.8 Å². The zero-order valence-electron chi connectivity index (χ0n) is 17.0. The number of aromatic amines is 1. The van der Waals surface area contributed by atoms with E-state index >= 15 is 0 Å². The quantitative estimate of drug-likeness (QED) is 0.543. The Morgan fingerprint density at radius 3 is 2.70 bits per heavy atom. The second-order valence-corrected chi connectivity index (χ2v) is 7.55. The van der Waals surface area contributed by atoms with Gasteiger partial charge < -0.3 is 25.3 Å². The van der Waals surface area contributed by atoms with Gasteiger partial charge in [0.15, 0.2) is 5.11 Å². The van der Waals surface area contributed by atoms with Gasteiger partial charge in [-0.15, -0.1) is 0 Å². The Hall–Kier alpha value is -3.39. The van der Waals surface area contributed by atoms with Gasteiger partial charge in [-0.1, -0.05) is 6.07 Å². The number of carbonyl (C=O) groups is 1. The minimum absolute atomic E-state index is 0.136. The van der Waals surface area contributed by atoms with Crippen LogP contribution >= 0.6 is 12.2 Å². The predicted molar refractivity (Wildman–Crippen MR) is 121 cm³/mol. The lowest BCUT2D eigenvalue weighted by Gasteiger charge is -2.27. The fourth-order valence-corrected chi connectivity index (χ4v) is 4.13. The second kappa shape index (κ2) is 8.16. The third kappa shape index (κ3) is 3.73. The van der Waals surface area contributed by atoms with E-state index in [2.05, 4.69) is 26.7 Å². The van der Waals surface area contributed by atoms with Gasteiger partial charge in [0.05, 0.1) is 24.5 Å². The second-order valence-electron chi connectivity index (χ2n) is 7.16. The molecule has 30 heavy (non-hydrogen) atoms. The number of methoxy groups -OCH3 is 1. The number of hydrogen-bond donors (Lipinski definition) is 3. The van der Waals surface area contributed by atoms with Crippen LogP contribution in [0.5, 0.6) is 5.75 Å². The number of nitrogens with one attached hydrogen (secondary N) is 3. The highest BCUT2D eigenvalue weighted by Crippen LogP contribution is 2.42. The van der Waals surface area contributed by atoms with E-state index in [0.717, 1.165) is 22.8 Å². The molecule has 0 spiro atoms. The van der Waals surface area contributed by atoms with Gasteiger partial charge >= 0.3 is 0 Å². The van der Waals surface area contributed by atoms with E-state index in [0.29, 0.717) is 16.5 Å². The number of anilines is 2. The number of H-pyrrole nitrogens is 1. The summed E-state index contributed by atoms with van der Waals surface area (Å²) in [7, 11) is 1.57. The summed E-state index contributed by atoms with van der Waals surface area (Å²) < 4.78 is 5.40. The molecule has 3 aromatic rings. The topological polar surface area (TPSA) is 82.3 Å². The summed E-state index contributed by atoms with van der Waals surface area (Å²) in [5.41, 5.74) is 4.42. The molecule has 1 amide bonds. The van der Waals surface area contributed by atoms with Crippen LogP contribution < -0.4 is 20.3 Å². The third-order valence-corrected chi connectivity index (χ3v) is 5.36. The van der Waals surface area contributed by atoms with Crippen molar-refractivity contribution >= 4 is 34.6 Å². The molecule has 0 bridgehead atoms. The van der Waals surface area contributed by atoms with E-state index < -0.39 is 0 Å². The van der Waals surface area contributed by atoms with Crippen LogP contribution in [0.15, 0.2) is 54.7 Å². The largest absolute Gasteiger partial charge is 0.495 e. The molecule has 1 aliphatic heterocycles. The molecule has 7 nitrogen and oxygen atoms in total. The average Bonchev–Trinajstić information content (AvgIpc) is 3.31. The minimum Gasteiger partial charge on any atom is -0.495 e. The van der Waals surface area contributed by atoms with Crippen molar-refractivity contribution in [2.24, 2.45) is 0 Å². The Kier molecular flexibility index (Phi) is 5.41. The first-order valence-electron chi connectivity index (χ1n) is 9.59. The lowest BCUT2D eigenvalue weighted by Crippen LogP contribution is -2.29.